The number of likely N-dealkylation sites (N-methyl/N-ethyl adjacent to an activating group) is 2. The number of benzene rings is 2. The molecule has 3 fully saturated rings. The third-order valence-corrected chi connectivity index (χ3v) is 9.72. The molecule has 1 aliphatic heterocycles. The van der Waals surface area contributed by atoms with E-state index in [-0.39, 0.29) is 55.6 Å². The van der Waals surface area contributed by atoms with Crippen LogP contribution in [0, 0.1) is 11.8 Å². The average molecular weight is 672 g/mol. The summed E-state index contributed by atoms with van der Waals surface area (Å²) in [5.41, 5.74) is 2.34. The minimum Gasteiger partial charge on any atom is -0.456 e. The van der Waals surface area contributed by atoms with Crippen molar-refractivity contribution in [3.8, 4) is 0 Å². The Morgan fingerprint density at radius 2 is 1.65 bits per heavy atom. The number of nitrogens with zero attached hydrogens (tertiary/aromatic N) is 2. The van der Waals surface area contributed by atoms with E-state index in [0.717, 1.165) is 36.8 Å². The summed E-state index contributed by atoms with van der Waals surface area (Å²) in [5.74, 6) is -1.68. The number of esters is 1. The number of carbonyl (C=O) groups is 4. The molecule has 6 rings (SSSR count). The first kappa shape index (κ1) is 34.5. The van der Waals surface area contributed by atoms with Gasteiger partial charge in [0.05, 0.1) is 12.2 Å². The predicted molar refractivity (Wildman–Crippen MR) is 181 cm³/mol. The molecule has 1 saturated heterocycles. The average Bonchev–Trinajstić information content (AvgIpc) is 4.06. The van der Waals surface area contributed by atoms with Gasteiger partial charge in [-0.3, -0.25) is 14.4 Å². The minimum absolute atomic E-state index is 0.0672. The van der Waals surface area contributed by atoms with Crippen LogP contribution in [0.3, 0.4) is 0 Å². The Bertz CT molecular complexity index is 1580. The third-order valence-electron chi connectivity index (χ3n) is 9.72. The highest BCUT2D eigenvalue weighted by Gasteiger charge is 2.64. The minimum atomic E-state index is -0.848. The second-order valence-electron chi connectivity index (χ2n) is 13.6. The van der Waals surface area contributed by atoms with Crippen molar-refractivity contribution in [1.29, 1.82) is 0 Å². The lowest BCUT2D eigenvalue weighted by molar-refractivity contribution is -0.209. The summed E-state index contributed by atoms with van der Waals surface area (Å²) < 4.78 is 19.6. The van der Waals surface area contributed by atoms with E-state index in [1.807, 2.05) is 30.3 Å². The van der Waals surface area contributed by atoms with Gasteiger partial charge >= 0.3 is 5.97 Å². The van der Waals surface area contributed by atoms with E-state index >= 15 is 0 Å². The molecule has 2 saturated carbocycles. The van der Waals surface area contributed by atoms with Crippen LogP contribution >= 0.6 is 0 Å². The molecule has 0 radical (unpaired) electrons. The number of aliphatic hydroxyl groups is 1. The van der Waals surface area contributed by atoms with Gasteiger partial charge in [0.2, 0.25) is 17.7 Å². The van der Waals surface area contributed by atoms with Crippen molar-refractivity contribution in [2.45, 2.75) is 68.7 Å². The molecule has 2 N–H and O–H groups in total. The van der Waals surface area contributed by atoms with Crippen molar-refractivity contribution in [1.82, 2.24) is 15.1 Å². The van der Waals surface area contributed by atoms with Crippen LogP contribution in [-0.2, 0) is 35.0 Å². The Morgan fingerprint density at radius 3 is 2.27 bits per heavy atom. The zero-order valence-corrected chi connectivity index (χ0v) is 28.2. The summed E-state index contributed by atoms with van der Waals surface area (Å²) in [6, 6.07) is 15.3. The number of fused-ring (bicyclic) bond motifs is 1. The number of rotatable bonds is 13. The summed E-state index contributed by atoms with van der Waals surface area (Å²) in [5, 5.41) is 12.0. The van der Waals surface area contributed by atoms with Crippen LogP contribution in [0.2, 0.25) is 0 Å². The van der Waals surface area contributed by atoms with Crippen molar-refractivity contribution in [3.63, 3.8) is 0 Å². The van der Waals surface area contributed by atoms with Crippen LogP contribution in [0.15, 0.2) is 72.3 Å². The van der Waals surface area contributed by atoms with Gasteiger partial charge in [0.25, 0.3) is 0 Å². The molecule has 11 nitrogen and oxygen atoms in total. The maximum absolute atomic E-state index is 14.2. The monoisotopic (exact) mass is 671 g/mol. The Balaban J connectivity index is 1.23. The lowest BCUT2D eigenvalue weighted by atomic mass is 9.90. The van der Waals surface area contributed by atoms with E-state index in [2.05, 4.69) is 5.32 Å². The molecular formula is C38H45N3O8. The van der Waals surface area contributed by atoms with Gasteiger partial charge in [0.15, 0.2) is 5.79 Å². The lowest BCUT2D eigenvalue weighted by Crippen LogP contribution is -2.51. The number of carbonyl (C=O) groups excluding carboxylic acids is 4. The second kappa shape index (κ2) is 14.7. The normalized spacial score (nSPS) is 23.3. The van der Waals surface area contributed by atoms with Gasteiger partial charge in [-0.2, -0.15) is 0 Å². The number of hydrogen-bond acceptors (Lipinski definition) is 8. The van der Waals surface area contributed by atoms with Crippen LogP contribution in [0.25, 0.3) is 6.08 Å². The van der Waals surface area contributed by atoms with E-state index in [0.29, 0.717) is 11.1 Å². The van der Waals surface area contributed by atoms with Crippen molar-refractivity contribution < 1.29 is 38.5 Å². The molecule has 3 aliphatic carbocycles. The highest BCUT2D eigenvalue weighted by atomic mass is 16.8. The van der Waals surface area contributed by atoms with Crippen molar-refractivity contribution in [3.05, 3.63) is 89.0 Å². The first-order valence-corrected chi connectivity index (χ1v) is 17.1. The zero-order chi connectivity index (χ0) is 34.7. The van der Waals surface area contributed by atoms with Crippen LogP contribution in [-0.4, -0.2) is 103 Å². The van der Waals surface area contributed by atoms with Crippen molar-refractivity contribution in [2.24, 2.45) is 11.8 Å². The van der Waals surface area contributed by atoms with E-state index < -0.39 is 36.1 Å². The van der Waals surface area contributed by atoms with Crippen LogP contribution in [0.5, 0.6) is 0 Å². The molecule has 2 aromatic carbocycles. The molecule has 0 spiro atoms. The fraction of sp³-hybridized carbons (Fsp3) is 0.474. The molecule has 1 heterocycles. The van der Waals surface area contributed by atoms with Gasteiger partial charge in [-0.1, -0.05) is 42.5 Å². The van der Waals surface area contributed by atoms with Gasteiger partial charge in [-0.15, -0.1) is 0 Å². The van der Waals surface area contributed by atoms with Crippen LogP contribution in [0.1, 0.15) is 53.6 Å². The molecule has 0 aromatic heterocycles. The van der Waals surface area contributed by atoms with E-state index in [1.54, 1.807) is 57.6 Å². The molecule has 0 unspecified atom stereocenters. The van der Waals surface area contributed by atoms with E-state index in [4.69, 9.17) is 14.2 Å². The topological polar surface area (TPSA) is 135 Å². The SMILES string of the molecule is CN(C)C(=O)C=Cc1ccc(C(=O)O[C@@H]2CC(C(=O)N(C)[C@H](Cc3ccccc3)C(=O)NCCO)=C[C@H]3OC(C4CC4)(C4CC4)O[C@H]32)cc1. The summed E-state index contributed by atoms with van der Waals surface area (Å²) >= 11 is 0. The lowest BCUT2D eigenvalue weighted by Gasteiger charge is -2.33. The molecule has 3 amide bonds. The zero-order valence-electron chi connectivity index (χ0n) is 28.2. The number of hydrogen-bond donors (Lipinski definition) is 2. The maximum atomic E-state index is 14.2. The molecule has 49 heavy (non-hydrogen) atoms. The fourth-order valence-electron chi connectivity index (χ4n) is 6.72. The Labute approximate surface area is 286 Å². The van der Waals surface area contributed by atoms with E-state index in [9.17, 15) is 24.3 Å². The largest absolute Gasteiger partial charge is 0.456 e. The summed E-state index contributed by atoms with van der Waals surface area (Å²) in [7, 11) is 4.94. The molecule has 2 aromatic rings. The van der Waals surface area contributed by atoms with Crippen LogP contribution < -0.4 is 5.32 Å². The second-order valence-corrected chi connectivity index (χ2v) is 13.6. The number of nitrogens with one attached hydrogen (secondary N) is 1. The third kappa shape index (κ3) is 7.79. The van der Waals surface area contributed by atoms with Crippen LogP contribution in [0.4, 0.5) is 0 Å². The molecule has 4 atom stereocenters. The van der Waals surface area contributed by atoms with Gasteiger partial charge in [0, 0.05) is 64.0 Å². The Morgan fingerprint density at radius 1 is 0.980 bits per heavy atom. The molecule has 260 valence electrons. The molecular weight excluding hydrogens is 626 g/mol. The first-order chi connectivity index (χ1) is 23.6. The standard InChI is InChI=1S/C38H45N3O8/c1-40(2)33(43)18-11-24-9-12-26(13-10-24)37(46)47-31-22-27(23-32-34(31)49-38(48-32,28-14-15-28)29-16-17-29)36(45)41(3)30(35(44)39-19-20-42)21-25-7-5-4-6-8-25/h4-13,18,23,28-32,34,42H,14-17,19-22H2,1-3H3,(H,39,44)/t30-,31-,32-,34+/m1/s1. The summed E-state index contributed by atoms with van der Waals surface area (Å²) in [6.07, 6.45) is 7.33. The smallest absolute Gasteiger partial charge is 0.338 e. The fourth-order valence-corrected chi connectivity index (χ4v) is 6.72. The molecule has 11 heteroatoms. The van der Waals surface area contributed by atoms with E-state index in [1.165, 1.54) is 15.9 Å². The summed E-state index contributed by atoms with van der Waals surface area (Å²) in [4.78, 5) is 55.9. The number of aliphatic hydroxyl groups excluding tert-OH is 1. The Hall–Kier alpha value is -4.32. The van der Waals surface area contributed by atoms with Gasteiger partial charge in [0.1, 0.15) is 24.4 Å². The highest BCUT2D eigenvalue weighted by Crippen LogP contribution is 2.59. The number of amides is 3. The molecule has 4 aliphatic rings. The predicted octanol–water partition coefficient (Wildman–Crippen LogP) is 3.12. The van der Waals surface area contributed by atoms with Crippen molar-refractivity contribution >= 4 is 29.8 Å². The molecule has 0 bridgehead atoms. The quantitative estimate of drug-likeness (QED) is 0.245. The summed E-state index contributed by atoms with van der Waals surface area (Å²) in [6.45, 7) is -0.156. The number of ether oxygens (including phenoxy) is 3. The maximum Gasteiger partial charge on any atom is 0.338 e. The first-order valence-electron chi connectivity index (χ1n) is 17.1. The Kier molecular flexibility index (Phi) is 10.3. The highest BCUT2D eigenvalue weighted by molar-refractivity contribution is 5.97. The van der Waals surface area contributed by atoms with Gasteiger partial charge in [-0.25, -0.2) is 4.79 Å². The van der Waals surface area contributed by atoms with Gasteiger partial charge in [-0.05, 0) is 61.1 Å². The van der Waals surface area contributed by atoms with Gasteiger partial charge < -0.3 is 34.4 Å². The van der Waals surface area contributed by atoms with Crippen molar-refractivity contribution in [2.75, 3.05) is 34.3 Å².